The molecule has 18 heavy (non-hydrogen) atoms. The average Bonchev–Trinajstić information content (AvgIpc) is 2.86. The molecule has 0 radical (unpaired) electrons. The zero-order valence-electron chi connectivity index (χ0n) is 9.57. The number of aromatic nitrogens is 2. The van der Waals surface area contributed by atoms with Gasteiger partial charge < -0.3 is 22.0 Å². The predicted octanol–water partition coefficient (Wildman–Crippen LogP) is 0.292. The van der Waals surface area contributed by atoms with E-state index in [2.05, 4.69) is 52.7 Å². The van der Waals surface area contributed by atoms with Gasteiger partial charge in [-0.05, 0) is 28.3 Å². The van der Waals surface area contributed by atoms with Crippen molar-refractivity contribution in [1.82, 2.24) is 4.98 Å². The van der Waals surface area contributed by atoms with Crippen molar-refractivity contribution < 1.29 is 22.0 Å². The fraction of sp³-hybridized carbons (Fsp3) is 0. The summed E-state index contributed by atoms with van der Waals surface area (Å²) in [5.41, 5.74) is 0. The van der Waals surface area contributed by atoms with Crippen molar-refractivity contribution in [2.24, 2.45) is 0 Å². The minimum atomic E-state index is 0. The number of fused-ring (bicyclic) bond motifs is 5. The van der Waals surface area contributed by atoms with Crippen LogP contribution < -0.4 is 22.0 Å². The summed E-state index contributed by atoms with van der Waals surface area (Å²) in [6.45, 7) is 0. The molecule has 0 spiro atoms. The van der Waals surface area contributed by atoms with E-state index in [-0.39, 0.29) is 17.0 Å². The Labute approximate surface area is 114 Å². The van der Waals surface area contributed by atoms with E-state index >= 15 is 0 Å². The van der Waals surface area contributed by atoms with Crippen LogP contribution in [0.2, 0.25) is 0 Å². The molecule has 4 rings (SSSR count). The van der Waals surface area contributed by atoms with Gasteiger partial charge in [0.05, 0.1) is 10.8 Å². The highest BCUT2D eigenvalue weighted by atomic mass is 79.9. The number of pyridine rings is 1. The van der Waals surface area contributed by atoms with Crippen LogP contribution in [0.4, 0.5) is 0 Å². The van der Waals surface area contributed by atoms with E-state index in [0.717, 1.165) is 0 Å². The number of hydrogen-bond acceptors (Lipinski definition) is 0. The van der Waals surface area contributed by atoms with E-state index in [1.807, 2.05) is 12.4 Å². The van der Waals surface area contributed by atoms with Gasteiger partial charge in [0.25, 0.3) is 0 Å². The van der Waals surface area contributed by atoms with Gasteiger partial charge in [-0.2, -0.15) is 0 Å². The van der Waals surface area contributed by atoms with Gasteiger partial charge in [0.1, 0.15) is 0 Å². The van der Waals surface area contributed by atoms with Gasteiger partial charge in [0, 0.05) is 17.8 Å². The van der Waals surface area contributed by atoms with Crippen LogP contribution in [0.1, 0.15) is 0 Å². The van der Waals surface area contributed by atoms with Crippen LogP contribution in [0, 0.1) is 0 Å². The second kappa shape index (κ2) is 4.10. The van der Waals surface area contributed by atoms with Gasteiger partial charge in [-0.25, -0.2) is 4.98 Å². The van der Waals surface area contributed by atoms with Crippen molar-refractivity contribution in [2.45, 2.75) is 0 Å². The van der Waals surface area contributed by atoms with Crippen molar-refractivity contribution in [3.8, 4) is 0 Å². The molecular formula is C15H11BrN2. The molecule has 0 aliphatic rings. The van der Waals surface area contributed by atoms with Crippen molar-refractivity contribution >= 4 is 32.3 Å². The fourth-order valence-electron chi connectivity index (χ4n) is 2.56. The summed E-state index contributed by atoms with van der Waals surface area (Å²) in [5, 5.41) is 7.69. The Hall–Kier alpha value is -1.87. The molecule has 2 N–H and O–H groups in total. The molecule has 0 atom stereocenters. The van der Waals surface area contributed by atoms with Crippen LogP contribution in [0.5, 0.6) is 0 Å². The summed E-state index contributed by atoms with van der Waals surface area (Å²) in [4.78, 5) is 6.33. The molecule has 0 aliphatic heterocycles. The molecule has 0 bridgehead atoms. The molecule has 2 nitrogen and oxygen atoms in total. The highest BCUT2D eigenvalue weighted by molar-refractivity contribution is 6.16. The summed E-state index contributed by atoms with van der Waals surface area (Å²) in [6.07, 6.45) is 8.13. The molecule has 88 valence electrons. The van der Waals surface area contributed by atoms with E-state index in [1.165, 1.54) is 32.3 Å². The van der Waals surface area contributed by atoms with Crippen LogP contribution in [0.15, 0.2) is 55.1 Å². The van der Waals surface area contributed by atoms with Crippen LogP contribution in [-0.2, 0) is 0 Å². The average molecular weight is 299 g/mol. The maximum atomic E-state index is 3.17. The number of halogens is 1. The Bertz CT molecular complexity index is 849. The monoisotopic (exact) mass is 298 g/mol. The summed E-state index contributed by atoms with van der Waals surface area (Å²) in [7, 11) is 0. The van der Waals surface area contributed by atoms with Crippen LogP contribution in [0.3, 0.4) is 0 Å². The van der Waals surface area contributed by atoms with Crippen LogP contribution in [-0.4, -0.2) is 4.98 Å². The number of hydrogen-bond donors (Lipinski definition) is 1. The fourth-order valence-corrected chi connectivity index (χ4v) is 2.56. The maximum absolute atomic E-state index is 3.17. The second-order valence-electron chi connectivity index (χ2n) is 4.33. The molecule has 2 heterocycles. The normalized spacial score (nSPS) is 10.9. The summed E-state index contributed by atoms with van der Waals surface area (Å²) >= 11 is 0. The quantitative estimate of drug-likeness (QED) is 0.453. The van der Waals surface area contributed by atoms with Crippen molar-refractivity contribution in [1.29, 1.82) is 0 Å². The maximum Gasteiger partial charge on any atom is 0.175 e. The molecule has 3 heteroatoms. The third-order valence-corrected chi connectivity index (χ3v) is 3.40. The van der Waals surface area contributed by atoms with Crippen LogP contribution in [0.25, 0.3) is 32.3 Å². The van der Waals surface area contributed by atoms with E-state index < -0.39 is 0 Å². The van der Waals surface area contributed by atoms with Gasteiger partial charge >= 0.3 is 0 Å². The molecule has 0 unspecified atom stereocenters. The number of benzene rings is 2. The van der Waals surface area contributed by atoms with Gasteiger partial charge in [0.2, 0.25) is 0 Å². The highest BCUT2D eigenvalue weighted by Crippen LogP contribution is 2.29. The lowest BCUT2D eigenvalue weighted by atomic mass is 10.0. The SMILES string of the molecule is [Br-].c1cc2ccc3c4c[nH+]cc4ccc3c2c[nH]1. The largest absolute Gasteiger partial charge is 1.00 e. The minimum Gasteiger partial charge on any atom is -1.00 e. The lowest BCUT2D eigenvalue weighted by Gasteiger charge is -2.03. The molecule has 0 saturated heterocycles. The van der Waals surface area contributed by atoms with E-state index in [0.29, 0.717) is 0 Å². The third kappa shape index (κ3) is 1.44. The number of nitrogens with one attached hydrogen (secondary N) is 2. The van der Waals surface area contributed by atoms with Crippen molar-refractivity contribution in [2.75, 3.05) is 0 Å². The first-order valence-electron chi connectivity index (χ1n) is 5.71. The summed E-state index contributed by atoms with van der Waals surface area (Å²) < 4.78 is 0. The van der Waals surface area contributed by atoms with Gasteiger partial charge in [-0.1, -0.05) is 18.2 Å². The molecule has 0 aliphatic carbocycles. The Kier molecular flexibility index (Phi) is 2.56. The van der Waals surface area contributed by atoms with Crippen molar-refractivity contribution in [3.63, 3.8) is 0 Å². The van der Waals surface area contributed by atoms with E-state index in [9.17, 15) is 0 Å². The Balaban J connectivity index is 0.000001000. The number of H-pyrrole nitrogens is 2. The number of rotatable bonds is 0. The molecule has 4 aromatic rings. The smallest absolute Gasteiger partial charge is 0.175 e. The first kappa shape index (κ1) is 11.2. The van der Waals surface area contributed by atoms with Gasteiger partial charge in [0.15, 0.2) is 12.4 Å². The van der Waals surface area contributed by atoms with E-state index in [4.69, 9.17) is 0 Å². The molecule has 0 amide bonds. The van der Waals surface area contributed by atoms with E-state index in [1.54, 1.807) is 0 Å². The Morgan fingerprint density at radius 3 is 2.39 bits per heavy atom. The minimum absolute atomic E-state index is 0. The Morgan fingerprint density at radius 1 is 0.722 bits per heavy atom. The first-order chi connectivity index (χ1) is 8.43. The zero-order chi connectivity index (χ0) is 11.2. The summed E-state index contributed by atoms with van der Waals surface area (Å²) in [6, 6.07) is 10.9. The predicted molar refractivity (Wildman–Crippen MR) is 69.9 cm³/mol. The lowest BCUT2D eigenvalue weighted by molar-refractivity contribution is -0.371. The zero-order valence-corrected chi connectivity index (χ0v) is 11.2. The lowest BCUT2D eigenvalue weighted by Crippen LogP contribution is -3.00. The molecule has 2 aromatic heterocycles. The van der Waals surface area contributed by atoms with Gasteiger partial charge in [-0.3, -0.25) is 0 Å². The van der Waals surface area contributed by atoms with Crippen molar-refractivity contribution in [3.05, 3.63) is 55.1 Å². The van der Waals surface area contributed by atoms with Crippen LogP contribution >= 0.6 is 0 Å². The van der Waals surface area contributed by atoms with Gasteiger partial charge in [-0.15, -0.1) is 0 Å². The summed E-state index contributed by atoms with van der Waals surface area (Å²) in [5.74, 6) is 0. The topological polar surface area (TPSA) is 29.9 Å². The third-order valence-electron chi connectivity index (χ3n) is 3.40. The number of aromatic amines is 2. The highest BCUT2D eigenvalue weighted by Gasteiger charge is 2.07. The first-order valence-corrected chi connectivity index (χ1v) is 5.71. The second-order valence-corrected chi connectivity index (χ2v) is 4.33. The molecule has 0 fully saturated rings. The molecule has 2 aromatic carbocycles. The molecular weight excluding hydrogens is 288 g/mol. The standard InChI is InChI=1S/C15H10N2.BrH/c1-3-13-12(14-8-16-6-5-10(1)14)4-2-11-7-17-9-15(11)13;/h1-9,16H;1H. The molecule has 0 saturated carbocycles. The Morgan fingerprint density at radius 2 is 1.50 bits per heavy atom.